The molecule has 0 saturated heterocycles. The molecule has 98 valence electrons. The number of nitrogens with zero attached hydrogens (tertiary/aromatic N) is 2. The predicted octanol–water partition coefficient (Wildman–Crippen LogP) is 3.42. The normalized spacial score (nSPS) is 10.3. The highest BCUT2D eigenvalue weighted by atomic mass is 79.9. The first kappa shape index (κ1) is 13.7. The molecule has 1 aromatic carbocycles. The first-order valence-electron chi connectivity index (χ1n) is 5.84. The van der Waals surface area contributed by atoms with Gasteiger partial charge in [0.15, 0.2) is 0 Å². The molecule has 1 aromatic heterocycles. The maximum absolute atomic E-state index is 12.2. The molecule has 2 aromatic rings. The van der Waals surface area contributed by atoms with Gasteiger partial charge in [-0.3, -0.25) is 4.79 Å². The number of benzene rings is 1. The van der Waals surface area contributed by atoms with E-state index in [1.165, 1.54) is 6.33 Å². The Morgan fingerprint density at radius 3 is 2.37 bits per heavy atom. The monoisotopic (exact) mass is 319 g/mol. The summed E-state index contributed by atoms with van der Waals surface area (Å²) < 4.78 is 0.961. The summed E-state index contributed by atoms with van der Waals surface area (Å²) in [5.41, 5.74) is 3.74. The van der Waals surface area contributed by atoms with Gasteiger partial charge in [0.1, 0.15) is 6.33 Å². The minimum Gasteiger partial charge on any atom is -0.322 e. The molecule has 2 rings (SSSR count). The Morgan fingerprint density at radius 2 is 1.79 bits per heavy atom. The number of halogens is 1. The first-order chi connectivity index (χ1) is 8.99. The second kappa shape index (κ2) is 5.48. The van der Waals surface area contributed by atoms with Gasteiger partial charge in [0.05, 0.1) is 17.0 Å². The summed E-state index contributed by atoms with van der Waals surface area (Å²) in [6.45, 7) is 5.60. The number of aromatic nitrogens is 2. The Labute approximate surface area is 120 Å². The van der Waals surface area contributed by atoms with E-state index in [2.05, 4.69) is 31.2 Å². The molecule has 1 amide bonds. The van der Waals surface area contributed by atoms with E-state index in [1.54, 1.807) is 13.8 Å². The lowest BCUT2D eigenvalue weighted by atomic mass is 10.1. The third-order valence-electron chi connectivity index (χ3n) is 2.88. The zero-order chi connectivity index (χ0) is 14.0. The maximum atomic E-state index is 12.2. The van der Waals surface area contributed by atoms with Crippen LogP contribution in [-0.4, -0.2) is 15.9 Å². The summed E-state index contributed by atoms with van der Waals surface area (Å²) in [6.07, 6.45) is 1.46. The number of anilines is 1. The van der Waals surface area contributed by atoms with Crippen molar-refractivity contribution in [2.75, 3.05) is 5.32 Å². The molecule has 0 fully saturated rings. The Morgan fingerprint density at radius 1 is 1.16 bits per heavy atom. The number of carbonyl (C=O) groups is 1. The van der Waals surface area contributed by atoms with Crippen LogP contribution in [0.25, 0.3) is 0 Å². The SMILES string of the molecule is Cc1ccc(NC(=O)c2c(C)ncnc2C)cc1Br. The van der Waals surface area contributed by atoms with E-state index in [0.29, 0.717) is 17.0 Å². The molecule has 5 heteroatoms. The Balaban J connectivity index is 2.28. The van der Waals surface area contributed by atoms with Gasteiger partial charge < -0.3 is 5.32 Å². The molecule has 4 nitrogen and oxygen atoms in total. The molecule has 0 aliphatic carbocycles. The number of carbonyl (C=O) groups excluding carboxylic acids is 1. The molecular weight excluding hydrogens is 306 g/mol. The van der Waals surface area contributed by atoms with Crippen LogP contribution in [0.4, 0.5) is 5.69 Å². The van der Waals surface area contributed by atoms with Crippen LogP contribution >= 0.6 is 15.9 Å². The molecule has 0 spiro atoms. The van der Waals surface area contributed by atoms with Crippen molar-refractivity contribution in [3.05, 3.63) is 51.5 Å². The average molecular weight is 320 g/mol. The molecule has 1 N–H and O–H groups in total. The molecule has 0 saturated carbocycles. The van der Waals surface area contributed by atoms with Crippen molar-refractivity contribution in [3.8, 4) is 0 Å². The van der Waals surface area contributed by atoms with E-state index < -0.39 is 0 Å². The zero-order valence-corrected chi connectivity index (χ0v) is 12.6. The van der Waals surface area contributed by atoms with E-state index in [0.717, 1.165) is 15.7 Å². The van der Waals surface area contributed by atoms with Gasteiger partial charge in [0.25, 0.3) is 5.91 Å². The van der Waals surface area contributed by atoms with Crippen molar-refractivity contribution >= 4 is 27.5 Å². The number of hydrogen-bond donors (Lipinski definition) is 1. The van der Waals surface area contributed by atoms with Gasteiger partial charge in [-0.05, 0) is 38.5 Å². The zero-order valence-electron chi connectivity index (χ0n) is 11.0. The Hall–Kier alpha value is -1.75. The number of hydrogen-bond acceptors (Lipinski definition) is 3. The summed E-state index contributed by atoms with van der Waals surface area (Å²) in [5.74, 6) is -0.189. The second-order valence-corrected chi connectivity index (χ2v) is 5.19. The molecule has 0 aliphatic heterocycles. The molecule has 0 radical (unpaired) electrons. The number of aryl methyl sites for hydroxylation is 3. The molecule has 1 heterocycles. The number of rotatable bonds is 2. The van der Waals surface area contributed by atoms with Crippen LogP contribution in [0.3, 0.4) is 0 Å². The minimum atomic E-state index is -0.189. The molecule has 0 aliphatic rings. The van der Waals surface area contributed by atoms with Crippen LogP contribution in [0.2, 0.25) is 0 Å². The van der Waals surface area contributed by atoms with Gasteiger partial charge in [0.2, 0.25) is 0 Å². The van der Waals surface area contributed by atoms with Crippen LogP contribution in [0.15, 0.2) is 29.0 Å². The van der Waals surface area contributed by atoms with Crippen molar-refractivity contribution in [1.29, 1.82) is 0 Å². The van der Waals surface area contributed by atoms with Crippen LogP contribution in [0.5, 0.6) is 0 Å². The van der Waals surface area contributed by atoms with Crippen molar-refractivity contribution in [2.24, 2.45) is 0 Å². The van der Waals surface area contributed by atoms with Gasteiger partial charge in [-0.25, -0.2) is 9.97 Å². The van der Waals surface area contributed by atoms with Crippen molar-refractivity contribution in [3.63, 3.8) is 0 Å². The van der Waals surface area contributed by atoms with E-state index in [1.807, 2.05) is 25.1 Å². The smallest absolute Gasteiger partial charge is 0.259 e. The fourth-order valence-corrected chi connectivity index (χ4v) is 2.16. The summed E-state index contributed by atoms with van der Waals surface area (Å²) in [7, 11) is 0. The van der Waals surface area contributed by atoms with Gasteiger partial charge in [-0.15, -0.1) is 0 Å². The maximum Gasteiger partial charge on any atom is 0.259 e. The topological polar surface area (TPSA) is 54.9 Å². The first-order valence-corrected chi connectivity index (χ1v) is 6.64. The lowest BCUT2D eigenvalue weighted by Gasteiger charge is -2.10. The minimum absolute atomic E-state index is 0.189. The fourth-order valence-electron chi connectivity index (χ4n) is 1.79. The van der Waals surface area contributed by atoms with Crippen LogP contribution in [0, 0.1) is 20.8 Å². The number of amides is 1. The van der Waals surface area contributed by atoms with Crippen molar-refractivity contribution < 1.29 is 4.79 Å². The molecule has 0 bridgehead atoms. The van der Waals surface area contributed by atoms with Crippen LogP contribution in [-0.2, 0) is 0 Å². The average Bonchev–Trinajstić information content (AvgIpc) is 2.33. The fraction of sp³-hybridized carbons (Fsp3) is 0.214. The highest BCUT2D eigenvalue weighted by Gasteiger charge is 2.14. The molecule has 19 heavy (non-hydrogen) atoms. The van der Waals surface area contributed by atoms with E-state index in [-0.39, 0.29) is 5.91 Å². The summed E-state index contributed by atoms with van der Waals surface area (Å²) in [6, 6.07) is 5.69. The predicted molar refractivity (Wildman–Crippen MR) is 78.3 cm³/mol. The van der Waals surface area contributed by atoms with Crippen LogP contribution < -0.4 is 5.32 Å². The highest BCUT2D eigenvalue weighted by Crippen LogP contribution is 2.21. The van der Waals surface area contributed by atoms with Crippen molar-refractivity contribution in [1.82, 2.24) is 9.97 Å². The standard InChI is InChI=1S/C14H14BrN3O/c1-8-4-5-11(6-12(8)15)18-14(19)13-9(2)16-7-17-10(13)3/h4-7H,1-3H3,(H,18,19). The van der Waals surface area contributed by atoms with E-state index in [9.17, 15) is 4.79 Å². The largest absolute Gasteiger partial charge is 0.322 e. The third kappa shape index (κ3) is 2.98. The van der Waals surface area contributed by atoms with Gasteiger partial charge in [0, 0.05) is 10.2 Å². The van der Waals surface area contributed by atoms with Crippen molar-refractivity contribution in [2.45, 2.75) is 20.8 Å². The number of nitrogens with one attached hydrogen (secondary N) is 1. The Bertz CT molecular complexity index is 620. The Kier molecular flexibility index (Phi) is 3.95. The van der Waals surface area contributed by atoms with E-state index >= 15 is 0 Å². The molecular formula is C14H14BrN3O. The van der Waals surface area contributed by atoms with Gasteiger partial charge >= 0.3 is 0 Å². The second-order valence-electron chi connectivity index (χ2n) is 4.34. The lowest BCUT2D eigenvalue weighted by molar-refractivity contribution is 0.102. The van der Waals surface area contributed by atoms with Crippen LogP contribution in [0.1, 0.15) is 27.3 Å². The highest BCUT2D eigenvalue weighted by molar-refractivity contribution is 9.10. The summed E-state index contributed by atoms with van der Waals surface area (Å²) in [4.78, 5) is 20.4. The quantitative estimate of drug-likeness (QED) is 0.922. The molecule has 0 unspecified atom stereocenters. The van der Waals surface area contributed by atoms with Gasteiger partial charge in [-0.1, -0.05) is 22.0 Å². The van der Waals surface area contributed by atoms with E-state index in [4.69, 9.17) is 0 Å². The van der Waals surface area contributed by atoms with Gasteiger partial charge in [-0.2, -0.15) is 0 Å². The summed E-state index contributed by atoms with van der Waals surface area (Å²) >= 11 is 3.45. The summed E-state index contributed by atoms with van der Waals surface area (Å²) in [5, 5.41) is 2.86. The molecule has 0 atom stereocenters. The lowest BCUT2D eigenvalue weighted by Crippen LogP contribution is -2.16. The third-order valence-corrected chi connectivity index (χ3v) is 3.74.